The van der Waals surface area contributed by atoms with Crippen LogP contribution in [-0.2, 0) is 7.05 Å². The molecule has 1 unspecified atom stereocenters. The number of aromatic nitrogens is 3. The Hall–Kier alpha value is -1.73. The second kappa shape index (κ2) is 5.94. The van der Waals surface area contributed by atoms with Crippen LogP contribution >= 0.6 is 11.3 Å². The van der Waals surface area contributed by atoms with Crippen molar-refractivity contribution in [3.63, 3.8) is 0 Å². The summed E-state index contributed by atoms with van der Waals surface area (Å²) in [6, 6.07) is 0. The molecule has 2 heterocycles. The number of aliphatic hydroxyl groups is 1. The molecule has 0 radical (unpaired) electrons. The SMILES string of the molecule is CC(O)CCNC(=O)c1csc(-c2cnn(C)c2)n1. The molecular formula is C12H16N4O2S. The Morgan fingerprint density at radius 3 is 3.05 bits per heavy atom. The van der Waals surface area contributed by atoms with Crippen LogP contribution in [-0.4, -0.2) is 38.4 Å². The molecule has 0 aliphatic heterocycles. The first kappa shape index (κ1) is 13.7. The first-order chi connectivity index (χ1) is 9.06. The van der Waals surface area contributed by atoms with E-state index in [4.69, 9.17) is 5.11 Å². The van der Waals surface area contributed by atoms with Crippen molar-refractivity contribution >= 4 is 17.2 Å². The monoisotopic (exact) mass is 280 g/mol. The summed E-state index contributed by atoms with van der Waals surface area (Å²) >= 11 is 1.41. The molecule has 1 amide bonds. The number of aryl methyl sites for hydroxylation is 1. The highest BCUT2D eigenvalue weighted by Crippen LogP contribution is 2.22. The number of hydrogen-bond donors (Lipinski definition) is 2. The van der Waals surface area contributed by atoms with Crippen LogP contribution in [0, 0.1) is 0 Å². The molecule has 2 rings (SSSR count). The van der Waals surface area contributed by atoms with E-state index in [1.807, 2.05) is 13.2 Å². The minimum atomic E-state index is -0.415. The molecular weight excluding hydrogens is 264 g/mol. The summed E-state index contributed by atoms with van der Waals surface area (Å²) in [7, 11) is 1.83. The van der Waals surface area contributed by atoms with E-state index in [0.717, 1.165) is 10.6 Å². The van der Waals surface area contributed by atoms with Gasteiger partial charge in [0.15, 0.2) is 0 Å². The summed E-state index contributed by atoms with van der Waals surface area (Å²) in [6.07, 6.45) is 3.69. The summed E-state index contributed by atoms with van der Waals surface area (Å²) in [4.78, 5) is 16.1. The Kier molecular flexibility index (Phi) is 4.28. The molecule has 0 saturated heterocycles. The number of thiazole rings is 1. The van der Waals surface area contributed by atoms with E-state index in [1.54, 1.807) is 23.2 Å². The molecule has 2 N–H and O–H groups in total. The maximum absolute atomic E-state index is 11.8. The first-order valence-corrected chi connectivity index (χ1v) is 6.85. The maximum atomic E-state index is 11.8. The third-order valence-electron chi connectivity index (χ3n) is 2.54. The van der Waals surface area contributed by atoms with Crippen molar-refractivity contribution in [2.24, 2.45) is 7.05 Å². The molecule has 102 valence electrons. The van der Waals surface area contributed by atoms with Gasteiger partial charge in [-0.2, -0.15) is 5.10 Å². The van der Waals surface area contributed by atoms with Crippen molar-refractivity contribution in [2.45, 2.75) is 19.4 Å². The predicted molar refractivity (Wildman–Crippen MR) is 72.9 cm³/mol. The fraction of sp³-hybridized carbons (Fsp3) is 0.417. The lowest BCUT2D eigenvalue weighted by atomic mass is 10.3. The van der Waals surface area contributed by atoms with Gasteiger partial charge in [0.05, 0.1) is 12.3 Å². The normalized spacial score (nSPS) is 12.4. The van der Waals surface area contributed by atoms with Gasteiger partial charge in [-0.05, 0) is 13.3 Å². The Bertz CT molecular complexity index is 562. The highest BCUT2D eigenvalue weighted by molar-refractivity contribution is 7.13. The van der Waals surface area contributed by atoms with Crippen LogP contribution in [0.25, 0.3) is 10.6 Å². The van der Waals surface area contributed by atoms with E-state index in [9.17, 15) is 4.79 Å². The number of amides is 1. The molecule has 0 spiro atoms. The molecule has 6 nitrogen and oxygen atoms in total. The Balaban J connectivity index is 1.98. The number of rotatable bonds is 5. The zero-order chi connectivity index (χ0) is 13.8. The average molecular weight is 280 g/mol. The molecule has 19 heavy (non-hydrogen) atoms. The van der Waals surface area contributed by atoms with Crippen molar-refractivity contribution in [3.8, 4) is 10.6 Å². The van der Waals surface area contributed by atoms with E-state index in [0.29, 0.717) is 18.7 Å². The number of aliphatic hydroxyl groups excluding tert-OH is 1. The van der Waals surface area contributed by atoms with E-state index in [2.05, 4.69) is 15.4 Å². The largest absolute Gasteiger partial charge is 0.393 e. The van der Waals surface area contributed by atoms with Gasteiger partial charge in [0.2, 0.25) is 0 Å². The zero-order valence-corrected chi connectivity index (χ0v) is 11.6. The first-order valence-electron chi connectivity index (χ1n) is 5.97. The fourth-order valence-electron chi connectivity index (χ4n) is 1.53. The lowest BCUT2D eigenvalue weighted by molar-refractivity contribution is 0.0941. The van der Waals surface area contributed by atoms with Crippen molar-refractivity contribution in [3.05, 3.63) is 23.5 Å². The van der Waals surface area contributed by atoms with Gasteiger partial charge in [-0.1, -0.05) is 0 Å². The fourth-order valence-corrected chi connectivity index (χ4v) is 2.30. The number of carbonyl (C=O) groups excluding carboxylic acids is 1. The average Bonchev–Trinajstić information content (AvgIpc) is 2.96. The van der Waals surface area contributed by atoms with Gasteiger partial charge >= 0.3 is 0 Å². The van der Waals surface area contributed by atoms with Crippen LogP contribution < -0.4 is 5.32 Å². The molecule has 1 atom stereocenters. The van der Waals surface area contributed by atoms with Crippen molar-refractivity contribution in [1.29, 1.82) is 0 Å². The minimum Gasteiger partial charge on any atom is -0.393 e. The van der Waals surface area contributed by atoms with Crippen molar-refractivity contribution in [2.75, 3.05) is 6.54 Å². The van der Waals surface area contributed by atoms with Crippen molar-refractivity contribution < 1.29 is 9.90 Å². The van der Waals surface area contributed by atoms with E-state index < -0.39 is 6.10 Å². The molecule has 2 aromatic heterocycles. The van der Waals surface area contributed by atoms with Gasteiger partial charge in [-0.3, -0.25) is 9.48 Å². The van der Waals surface area contributed by atoms with Crippen LogP contribution in [0.4, 0.5) is 0 Å². The second-order valence-electron chi connectivity index (χ2n) is 4.33. The summed E-state index contributed by atoms with van der Waals surface area (Å²) in [5.74, 6) is -0.216. The minimum absolute atomic E-state index is 0.216. The Morgan fingerprint density at radius 1 is 1.63 bits per heavy atom. The molecule has 2 aromatic rings. The topological polar surface area (TPSA) is 80.0 Å². The van der Waals surface area contributed by atoms with Gasteiger partial charge in [0.25, 0.3) is 5.91 Å². The number of hydrogen-bond acceptors (Lipinski definition) is 5. The van der Waals surface area contributed by atoms with Crippen molar-refractivity contribution in [1.82, 2.24) is 20.1 Å². The van der Waals surface area contributed by atoms with E-state index in [1.165, 1.54) is 11.3 Å². The lowest BCUT2D eigenvalue weighted by Gasteiger charge is -2.04. The highest BCUT2D eigenvalue weighted by atomic mass is 32.1. The smallest absolute Gasteiger partial charge is 0.270 e. The summed E-state index contributed by atoms with van der Waals surface area (Å²) in [5, 5.41) is 18.4. The maximum Gasteiger partial charge on any atom is 0.270 e. The number of nitrogens with zero attached hydrogens (tertiary/aromatic N) is 3. The molecule has 0 aliphatic rings. The Morgan fingerprint density at radius 2 is 2.42 bits per heavy atom. The third kappa shape index (κ3) is 3.62. The zero-order valence-electron chi connectivity index (χ0n) is 10.8. The predicted octanol–water partition coefficient (Wildman–Crippen LogP) is 1.04. The van der Waals surface area contributed by atoms with E-state index >= 15 is 0 Å². The molecule has 0 saturated carbocycles. The molecule has 0 aliphatic carbocycles. The number of nitrogens with one attached hydrogen (secondary N) is 1. The summed E-state index contributed by atoms with van der Waals surface area (Å²) in [5.41, 5.74) is 1.30. The van der Waals surface area contributed by atoms with Gasteiger partial charge in [0.1, 0.15) is 10.7 Å². The summed E-state index contributed by atoms with van der Waals surface area (Å²) in [6.45, 7) is 2.13. The summed E-state index contributed by atoms with van der Waals surface area (Å²) < 4.78 is 1.69. The van der Waals surface area contributed by atoms with Crippen LogP contribution in [0.5, 0.6) is 0 Å². The molecule has 0 fully saturated rings. The standard InChI is InChI=1S/C12H16N4O2S/c1-8(17)3-4-13-11(18)10-7-19-12(15-10)9-5-14-16(2)6-9/h5-8,17H,3-4H2,1-2H3,(H,13,18). The van der Waals surface area contributed by atoms with Crippen LogP contribution in [0.1, 0.15) is 23.8 Å². The second-order valence-corrected chi connectivity index (χ2v) is 5.19. The lowest BCUT2D eigenvalue weighted by Crippen LogP contribution is -2.26. The van der Waals surface area contributed by atoms with Gasteiger partial charge in [-0.15, -0.1) is 11.3 Å². The Labute approximate surface area is 115 Å². The van der Waals surface area contributed by atoms with Gasteiger partial charge in [0, 0.05) is 30.7 Å². The quantitative estimate of drug-likeness (QED) is 0.857. The van der Waals surface area contributed by atoms with Gasteiger partial charge < -0.3 is 10.4 Å². The highest BCUT2D eigenvalue weighted by Gasteiger charge is 2.12. The van der Waals surface area contributed by atoms with E-state index in [-0.39, 0.29) is 5.91 Å². The van der Waals surface area contributed by atoms with Crippen LogP contribution in [0.2, 0.25) is 0 Å². The van der Waals surface area contributed by atoms with Crippen LogP contribution in [0.15, 0.2) is 17.8 Å². The van der Waals surface area contributed by atoms with Crippen LogP contribution in [0.3, 0.4) is 0 Å². The molecule has 0 bridgehead atoms. The number of carbonyl (C=O) groups is 1. The third-order valence-corrected chi connectivity index (χ3v) is 3.43. The molecule has 7 heteroatoms. The van der Waals surface area contributed by atoms with Gasteiger partial charge in [-0.25, -0.2) is 4.98 Å². The molecule has 0 aromatic carbocycles.